The van der Waals surface area contributed by atoms with Crippen LogP contribution in [0.2, 0.25) is 6.04 Å². The highest BCUT2D eigenvalue weighted by Gasteiger charge is 2.51. The largest absolute Gasteiger partial charge is 0.705 e. The van der Waals surface area contributed by atoms with Crippen molar-refractivity contribution in [3.63, 3.8) is 0 Å². The van der Waals surface area contributed by atoms with Crippen LogP contribution in [0.5, 0.6) is 0 Å². The molecule has 0 radical (unpaired) electrons. The van der Waals surface area contributed by atoms with Gasteiger partial charge in [-0.1, -0.05) is 123 Å². The van der Waals surface area contributed by atoms with Crippen LogP contribution in [-0.2, 0) is 27.7 Å². The van der Waals surface area contributed by atoms with Gasteiger partial charge in [-0.25, -0.2) is 14.4 Å². The lowest BCUT2D eigenvalue weighted by atomic mass is 10.0. The van der Waals surface area contributed by atoms with Gasteiger partial charge >= 0.3 is 26.7 Å². The van der Waals surface area contributed by atoms with Gasteiger partial charge in [-0.3, -0.25) is 0 Å². The van der Waals surface area contributed by atoms with Gasteiger partial charge in [0.05, 0.1) is 6.04 Å². The Balaban J connectivity index is 4.15. The highest BCUT2D eigenvalue weighted by atomic mass is 28.4. The molecule has 0 spiro atoms. The maximum atomic E-state index is 11.8. The van der Waals surface area contributed by atoms with E-state index in [2.05, 4.69) is 26.7 Å². The fourth-order valence-electron chi connectivity index (χ4n) is 3.69. The molecule has 0 saturated heterocycles. The third kappa shape index (κ3) is 17.3. The minimum absolute atomic E-state index is 0.157. The summed E-state index contributed by atoms with van der Waals surface area (Å²) in [6.07, 6.45) is 22.4. The first-order chi connectivity index (χ1) is 16.4. The Morgan fingerprint density at radius 3 is 1.06 bits per heavy atom. The maximum Gasteiger partial charge on any atom is 0.705 e. The lowest BCUT2D eigenvalue weighted by molar-refractivity contribution is -0.144. The Bertz CT molecular complexity index is 561. The number of rotatable bonds is 23. The van der Waals surface area contributed by atoms with Crippen LogP contribution < -0.4 is 0 Å². The summed E-state index contributed by atoms with van der Waals surface area (Å²) >= 11 is 0. The van der Waals surface area contributed by atoms with E-state index in [4.69, 9.17) is 13.3 Å². The first-order valence-electron chi connectivity index (χ1n) is 13.0. The molecule has 34 heavy (non-hydrogen) atoms. The fraction of sp³-hybridized carbons (Fsp3) is 0.667. The molecule has 0 aliphatic heterocycles. The van der Waals surface area contributed by atoms with E-state index in [0.717, 1.165) is 37.5 Å². The fourth-order valence-corrected chi connectivity index (χ4v) is 5.97. The summed E-state index contributed by atoms with van der Waals surface area (Å²) in [5.74, 6) is -2.43. The summed E-state index contributed by atoms with van der Waals surface area (Å²) in [4.78, 5) is 35.4. The average molecular weight is 495 g/mol. The first kappa shape index (κ1) is 31.8. The Hall–Kier alpha value is -2.15. The molecule has 0 saturated carbocycles. The second-order valence-corrected chi connectivity index (χ2v) is 11.1. The highest BCUT2D eigenvalue weighted by Crippen LogP contribution is 2.22. The van der Waals surface area contributed by atoms with Crippen LogP contribution in [0.25, 0.3) is 0 Å². The summed E-state index contributed by atoms with van der Waals surface area (Å²) < 4.78 is 15.8. The second kappa shape index (κ2) is 21.4. The molecule has 0 aromatic rings. The smallest absolute Gasteiger partial charge is 0.452 e. The zero-order valence-corrected chi connectivity index (χ0v) is 22.3. The molecule has 0 aliphatic rings. The van der Waals surface area contributed by atoms with Crippen LogP contribution in [0.1, 0.15) is 110 Å². The van der Waals surface area contributed by atoms with Gasteiger partial charge in [-0.15, -0.1) is 0 Å². The number of hydrogen-bond acceptors (Lipinski definition) is 6. The van der Waals surface area contributed by atoms with Gasteiger partial charge in [-0.2, -0.15) is 0 Å². The molecule has 0 heterocycles. The molecule has 0 N–H and O–H groups in total. The van der Waals surface area contributed by atoms with Crippen molar-refractivity contribution in [1.82, 2.24) is 0 Å². The van der Waals surface area contributed by atoms with Crippen LogP contribution in [0.4, 0.5) is 0 Å². The number of unbranched alkanes of at least 4 members (excludes halogenated alkanes) is 15. The van der Waals surface area contributed by atoms with Crippen molar-refractivity contribution in [1.29, 1.82) is 0 Å². The predicted molar refractivity (Wildman–Crippen MR) is 139 cm³/mol. The Morgan fingerprint density at radius 2 is 0.794 bits per heavy atom. The molecule has 6 nitrogen and oxygen atoms in total. The summed E-state index contributed by atoms with van der Waals surface area (Å²) in [7, 11) is -3.92. The van der Waals surface area contributed by atoms with E-state index < -0.39 is 26.7 Å². The molecular formula is C27H46O6Si. The van der Waals surface area contributed by atoms with E-state index in [0.29, 0.717) is 6.42 Å². The average Bonchev–Trinajstić information content (AvgIpc) is 2.83. The molecule has 7 heteroatoms. The highest BCUT2D eigenvalue weighted by molar-refractivity contribution is 6.66. The topological polar surface area (TPSA) is 78.9 Å². The molecule has 0 aromatic heterocycles. The molecule has 0 unspecified atom stereocenters. The van der Waals surface area contributed by atoms with Crippen molar-refractivity contribution in [2.24, 2.45) is 0 Å². The SMILES string of the molecule is C=CC(=O)O[Si](CCCCCCCCCCCCCCCCCC)(OC(=O)C=C)OC(=O)C=C. The number of hydrogen-bond donors (Lipinski definition) is 0. The second-order valence-electron chi connectivity index (χ2n) is 8.61. The first-order valence-corrected chi connectivity index (χ1v) is 14.9. The standard InChI is InChI=1S/C27H46O6Si/c1-5-9-10-11-12-13-14-15-16-17-18-19-20-21-22-23-24-34(31-25(28)6-2,32-26(29)7-3)33-27(30)8-4/h6-8H,2-5,9-24H2,1H3. The van der Waals surface area contributed by atoms with Gasteiger partial charge in [-0.05, 0) is 6.42 Å². The van der Waals surface area contributed by atoms with Crippen molar-refractivity contribution < 1.29 is 27.7 Å². The number of carbonyl (C=O) groups excluding carboxylic acids is 3. The normalized spacial score (nSPS) is 10.9. The van der Waals surface area contributed by atoms with Gasteiger partial charge in [0.2, 0.25) is 0 Å². The van der Waals surface area contributed by atoms with Gasteiger partial charge in [0.15, 0.2) is 0 Å². The zero-order valence-electron chi connectivity index (χ0n) is 21.3. The van der Waals surface area contributed by atoms with Crippen molar-refractivity contribution in [3.8, 4) is 0 Å². The van der Waals surface area contributed by atoms with Gasteiger partial charge < -0.3 is 13.3 Å². The molecule has 0 rings (SSSR count). The van der Waals surface area contributed by atoms with E-state index >= 15 is 0 Å². The molecule has 0 atom stereocenters. The van der Waals surface area contributed by atoms with Gasteiger partial charge in [0, 0.05) is 18.2 Å². The Morgan fingerprint density at radius 1 is 0.529 bits per heavy atom. The van der Waals surface area contributed by atoms with E-state index in [1.165, 1.54) is 77.0 Å². The molecule has 194 valence electrons. The van der Waals surface area contributed by atoms with Crippen molar-refractivity contribution in [2.45, 2.75) is 116 Å². The molecule has 0 fully saturated rings. The minimum atomic E-state index is -3.92. The van der Waals surface area contributed by atoms with Crippen LogP contribution in [0.15, 0.2) is 38.0 Å². The van der Waals surface area contributed by atoms with Crippen LogP contribution in [0, 0.1) is 0 Å². The Kier molecular flexibility index (Phi) is 20.0. The summed E-state index contributed by atoms with van der Waals surface area (Å²) in [6.45, 7) is 12.3. The molecule has 0 amide bonds. The van der Waals surface area contributed by atoms with Crippen LogP contribution in [0.3, 0.4) is 0 Å². The molecule has 0 aromatic carbocycles. The van der Waals surface area contributed by atoms with Gasteiger partial charge in [0.1, 0.15) is 0 Å². The van der Waals surface area contributed by atoms with Crippen LogP contribution >= 0.6 is 0 Å². The zero-order chi connectivity index (χ0) is 25.5. The minimum Gasteiger partial charge on any atom is -0.452 e. The third-order valence-electron chi connectivity index (χ3n) is 5.60. The van der Waals surface area contributed by atoms with Crippen molar-refractivity contribution in [2.75, 3.05) is 0 Å². The number of carbonyl (C=O) groups is 3. The summed E-state index contributed by atoms with van der Waals surface area (Å²) in [6, 6.07) is 0.157. The van der Waals surface area contributed by atoms with Gasteiger partial charge in [0.25, 0.3) is 0 Å². The van der Waals surface area contributed by atoms with Crippen molar-refractivity contribution in [3.05, 3.63) is 38.0 Å². The van der Waals surface area contributed by atoms with Crippen LogP contribution in [-0.4, -0.2) is 26.7 Å². The quantitative estimate of drug-likeness (QED) is 0.0838. The van der Waals surface area contributed by atoms with Crippen molar-refractivity contribution >= 4 is 26.7 Å². The maximum absolute atomic E-state index is 11.8. The predicted octanol–water partition coefficient (Wildman–Crippen LogP) is 7.37. The third-order valence-corrected chi connectivity index (χ3v) is 8.11. The monoisotopic (exact) mass is 494 g/mol. The van der Waals surface area contributed by atoms with E-state index in [1.54, 1.807) is 0 Å². The van der Waals surface area contributed by atoms with E-state index in [-0.39, 0.29) is 6.04 Å². The molecule has 0 bridgehead atoms. The molecular weight excluding hydrogens is 448 g/mol. The molecule has 0 aliphatic carbocycles. The summed E-state index contributed by atoms with van der Waals surface area (Å²) in [5, 5.41) is 0. The Labute approximate surface area is 208 Å². The lowest BCUT2D eigenvalue weighted by Crippen LogP contribution is -2.49. The lowest BCUT2D eigenvalue weighted by Gasteiger charge is -2.26. The van der Waals surface area contributed by atoms with E-state index in [1.807, 2.05) is 0 Å². The van der Waals surface area contributed by atoms with E-state index in [9.17, 15) is 14.4 Å². The summed E-state index contributed by atoms with van der Waals surface area (Å²) in [5.41, 5.74) is 0.